The maximum atomic E-state index is 2.26. The van der Waals surface area contributed by atoms with E-state index < -0.39 is 0 Å². The second-order valence-corrected chi connectivity index (χ2v) is 4.57. The molecule has 0 atom stereocenters. The minimum Gasteiger partial charge on any atom is -0.0661 e. The number of hydrogen-bond acceptors (Lipinski definition) is 0. The summed E-state index contributed by atoms with van der Waals surface area (Å²) in [5, 5.41) is 2.74. The van der Waals surface area contributed by atoms with E-state index in [0.717, 1.165) is 12.8 Å². The van der Waals surface area contributed by atoms with Crippen molar-refractivity contribution in [2.75, 3.05) is 0 Å². The van der Waals surface area contributed by atoms with Crippen LogP contribution in [0.4, 0.5) is 0 Å². The van der Waals surface area contributed by atoms with Crippen LogP contribution in [0.5, 0.6) is 0 Å². The summed E-state index contributed by atoms with van der Waals surface area (Å²) in [4.78, 5) is 0. The zero-order valence-corrected chi connectivity index (χ0v) is 10.1. The van der Waals surface area contributed by atoms with Gasteiger partial charge in [-0.25, -0.2) is 0 Å². The van der Waals surface area contributed by atoms with E-state index in [1.165, 1.54) is 27.5 Å². The molecule has 0 saturated carbocycles. The van der Waals surface area contributed by atoms with Crippen molar-refractivity contribution in [2.24, 2.45) is 0 Å². The van der Waals surface area contributed by atoms with Gasteiger partial charge in [0.1, 0.15) is 0 Å². The third kappa shape index (κ3) is 1.80. The summed E-state index contributed by atoms with van der Waals surface area (Å²) in [5.74, 6) is 0. The van der Waals surface area contributed by atoms with Crippen molar-refractivity contribution in [3.05, 3.63) is 65.3 Å². The lowest BCUT2D eigenvalue weighted by atomic mass is 9.94. The number of fused-ring (bicyclic) bond motifs is 3. The Morgan fingerprint density at radius 1 is 1.06 bits per heavy atom. The second-order valence-electron chi connectivity index (χ2n) is 4.57. The number of rotatable bonds is 1. The quantitative estimate of drug-likeness (QED) is 0.651. The van der Waals surface area contributed by atoms with E-state index in [1.807, 2.05) is 0 Å². The first-order valence-corrected chi connectivity index (χ1v) is 6.25. The van der Waals surface area contributed by atoms with Crippen LogP contribution in [-0.4, -0.2) is 0 Å². The van der Waals surface area contributed by atoms with Gasteiger partial charge < -0.3 is 0 Å². The molecule has 0 heteroatoms. The van der Waals surface area contributed by atoms with Gasteiger partial charge in [0, 0.05) is 0 Å². The average molecular weight is 220 g/mol. The third-order valence-electron chi connectivity index (χ3n) is 3.54. The summed E-state index contributed by atoms with van der Waals surface area (Å²) in [6.45, 7) is 2.23. The first-order chi connectivity index (χ1) is 8.38. The van der Waals surface area contributed by atoms with Crippen molar-refractivity contribution >= 4 is 16.8 Å². The van der Waals surface area contributed by atoms with Crippen LogP contribution >= 0.6 is 0 Å². The van der Waals surface area contributed by atoms with Gasteiger partial charge in [-0.2, -0.15) is 0 Å². The molecule has 0 nitrogen and oxygen atoms in total. The molecule has 3 rings (SSSR count). The molecule has 0 N–H and O–H groups in total. The Balaban J connectivity index is 2.26. The molecule has 17 heavy (non-hydrogen) atoms. The van der Waals surface area contributed by atoms with Crippen molar-refractivity contribution in [2.45, 2.75) is 19.8 Å². The summed E-state index contributed by atoms with van der Waals surface area (Å²) >= 11 is 0. The zero-order chi connectivity index (χ0) is 11.7. The van der Waals surface area contributed by atoms with Crippen LogP contribution in [0.25, 0.3) is 16.8 Å². The maximum Gasteiger partial charge on any atom is -0.00520 e. The van der Waals surface area contributed by atoms with E-state index in [0.29, 0.717) is 0 Å². The van der Waals surface area contributed by atoms with Gasteiger partial charge in [0.25, 0.3) is 0 Å². The van der Waals surface area contributed by atoms with Crippen LogP contribution in [0.15, 0.2) is 54.1 Å². The largest absolute Gasteiger partial charge is 0.0661 e. The van der Waals surface area contributed by atoms with Crippen LogP contribution in [-0.2, 0) is 6.42 Å². The minimum absolute atomic E-state index is 1.08. The highest BCUT2D eigenvalue weighted by atomic mass is 14.1. The molecule has 0 fully saturated rings. The summed E-state index contributed by atoms with van der Waals surface area (Å²) in [5.41, 5.74) is 4.35. The topological polar surface area (TPSA) is 0 Å². The van der Waals surface area contributed by atoms with Crippen molar-refractivity contribution in [1.29, 1.82) is 0 Å². The van der Waals surface area contributed by atoms with Crippen molar-refractivity contribution in [3.8, 4) is 0 Å². The molecular formula is C17H16. The summed E-state index contributed by atoms with van der Waals surface area (Å²) < 4.78 is 0. The van der Waals surface area contributed by atoms with Gasteiger partial charge in [-0.15, -0.1) is 0 Å². The first kappa shape index (κ1) is 10.3. The molecular weight excluding hydrogens is 204 g/mol. The fourth-order valence-electron chi connectivity index (χ4n) is 2.52. The van der Waals surface area contributed by atoms with Crippen LogP contribution < -0.4 is 0 Å². The summed E-state index contributed by atoms with van der Waals surface area (Å²) in [7, 11) is 0. The predicted molar refractivity (Wildman–Crippen MR) is 75.1 cm³/mol. The molecule has 0 amide bonds. The van der Waals surface area contributed by atoms with E-state index in [9.17, 15) is 0 Å². The fourth-order valence-corrected chi connectivity index (χ4v) is 2.52. The monoisotopic (exact) mass is 220 g/mol. The summed E-state index contributed by atoms with van der Waals surface area (Å²) in [6.07, 6.45) is 8.88. The molecule has 0 aromatic heterocycles. The highest BCUT2D eigenvalue weighted by Gasteiger charge is 2.09. The number of hydrogen-bond donors (Lipinski definition) is 0. The molecule has 0 heterocycles. The van der Waals surface area contributed by atoms with E-state index in [1.54, 1.807) is 0 Å². The van der Waals surface area contributed by atoms with Crippen molar-refractivity contribution in [1.82, 2.24) is 0 Å². The van der Waals surface area contributed by atoms with Crippen LogP contribution in [0.3, 0.4) is 0 Å². The second kappa shape index (κ2) is 4.21. The predicted octanol–water partition coefficient (Wildman–Crippen LogP) is 4.75. The molecule has 0 aliphatic heterocycles. The Morgan fingerprint density at radius 2 is 1.94 bits per heavy atom. The van der Waals surface area contributed by atoms with E-state index in [2.05, 4.69) is 61.5 Å². The molecule has 2 aromatic carbocycles. The van der Waals surface area contributed by atoms with Crippen LogP contribution in [0.1, 0.15) is 24.5 Å². The van der Waals surface area contributed by atoms with E-state index in [4.69, 9.17) is 0 Å². The lowest BCUT2D eigenvalue weighted by molar-refractivity contribution is 1.01. The maximum absolute atomic E-state index is 2.26. The smallest absolute Gasteiger partial charge is 0.00520 e. The van der Waals surface area contributed by atoms with Crippen molar-refractivity contribution < 1.29 is 0 Å². The lowest BCUT2D eigenvalue weighted by Crippen LogP contribution is -1.93. The highest BCUT2D eigenvalue weighted by molar-refractivity contribution is 5.89. The van der Waals surface area contributed by atoms with Crippen LogP contribution in [0.2, 0.25) is 0 Å². The van der Waals surface area contributed by atoms with Gasteiger partial charge in [-0.3, -0.25) is 0 Å². The van der Waals surface area contributed by atoms with Gasteiger partial charge in [-0.05, 0) is 34.7 Å². The fraction of sp³-hybridized carbons (Fsp3) is 0.176. The first-order valence-electron chi connectivity index (χ1n) is 6.25. The molecule has 1 aliphatic carbocycles. The number of allylic oxidation sites excluding steroid dienone is 3. The highest BCUT2D eigenvalue weighted by Crippen LogP contribution is 2.28. The molecule has 2 aromatic rings. The number of benzene rings is 2. The van der Waals surface area contributed by atoms with Gasteiger partial charge in [0.2, 0.25) is 0 Å². The Hall–Kier alpha value is -1.82. The Bertz CT molecular complexity index is 615. The van der Waals surface area contributed by atoms with E-state index >= 15 is 0 Å². The Labute approximate surface area is 102 Å². The minimum atomic E-state index is 1.08. The van der Waals surface area contributed by atoms with Gasteiger partial charge in [-0.1, -0.05) is 67.1 Å². The molecule has 0 saturated heterocycles. The van der Waals surface area contributed by atoms with Crippen molar-refractivity contribution in [3.63, 3.8) is 0 Å². The van der Waals surface area contributed by atoms with Crippen LogP contribution in [0, 0.1) is 0 Å². The van der Waals surface area contributed by atoms with Gasteiger partial charge in [0.15, 0.2) is 0 Å². The molecule has 1 aliphatic rings. The molecule has 84 valence electrons. The zero-order valence-electron chi connectivity index (χ0n) is 10.1. The van der Waals surface area contributed by atoms with E-state index in [-0.39, 0.29) is 0 Å². The molecule has 0 radical (unpaired) electrons. The molecule has 0 spiro atoms. The molecule has 0 unspecified atom stereocenters. The summed E-state index contributed by atoms with van der Waals surface area (Å²) in [6, 6.07) is 13.1. The molecule has 0 bridgehead atoms. The standard InChI is InChI=1S/C17H16/c1-2-13-6-5-8-15-11-10-14-7-3-4-9-16(14)17(15)12-13/h3-11H,2,12H2,1H3. The normalized spacial score (nSPS) is 14.3. The SMILES string of the molecule is CCC1=CC=Cc2ccc3ccccc3c2C1. The third-order valence-corrected chi connectivity index (χ3v) is 3.54. The Kier molecular flexibility index (Phi) is 2.56. The van der Waals surface area contributed by atoms with Gasteiger partial charge in [0.05, 0.1) is 0 Å². The van der Waals surface area contributed by atoms with Gasteiger partial charge >= 0.3 is 0 Å². The average Bonchev–Trinajstić information content (AvgIpc) is 2.60. The lowest BCUT2D eigenvalue weighted by Gasteiger charge is -2.10. The Morgan fingerprint density at radius 3 is 2.82 bits per heavy atom.